The van der Waals surface area contributed by atoms with Gasteiger partial charge in [0, 0.05) is 22.1 Å². The number of rotatable bonds is 5. The quantitative estimate of drug-likeness (QED) is 0.187. The molecule has 0 saturated carbocycles. The lowest BCUT2D eigenvalue weighted by atomic mass is 9.97. The van der Waals surface area contributed by atoms with Crippen LogP contribution in [0.15, 0.2) is 192 Å². The summed E-state index contributed by atoms with van der Waals surface area (Å²) in [5.74, 6) is 0. The number of hydrogen-bond acceptors (Lipinski definition) is 2. The smallest absolute Gasteiger partial charge is 0.145 e. The summed E-state index contributed by atoms with van der Waals surface area (Å²) in [6, 6.07) is 67.5. The number of fused-ring (bicyclic) bond motifs is 7. The maximum atomic E-state index is 6.64. The number of anilines is 3. The first-order valence-corrected chi connectivity index (χ1v) is 17.1. The SMILES string of the molecule is c1ccc2c(-c3ccc(N(c4ccc(-c5cccc6ccccc56)cc4)c4cc5ccccc5c5oc6ccccc6c45)cc3)cccc2c1. The van der Waals surface area contributed by atoms with E-state index in [0.29, 0.717) is 0 Å². The normalized spacial score (nSPS) is 11.6. The molecule has 0 spiro atoms. The Hall–Kier alpha value is -6.64. The molecule has 2 nitrogen and oxygen atoms in total. The van der Waals surface area contributed by atoms with E-state index in [1.807, 2.05) is 6.07 Å². The van der Waals surface area contributed by atoms with Crippen molar-refractivity contribution < 1.29 is 4.42 Å². The monoisotopic (exact) mass is 637 g/mol. The molecule has 0 aliphatic rings. The van der Waals surface area contributed by atoms with Crippen LogP contribution in [0.1, 0.15) is 0 Å². The van der Waals surface area contributed by atoms with Gasteiger partial charge >= 0.3 is 0 Å². The van der Waals surface area contributed by atoms with E-state index in [1.165, 1.54) is 43.8 Å². The maximum absolute atomic E-state index is 6.64. The van der Waals surface area contributed by atoms with Gasteiger partial charge in [-0.05, 0) is 85.6 Å². The highest BCUT2D eigenvalue weighted by Crippen LogP contribution is 2.46. The molecule has 10 rings (SSSR count). The van der Waals surface area contributed by atoms with Gasteiger partial charge in [-0.25, -0.2) is 0 Å². The Morgan fingerprint density at radius 1 is 0.360 bits per heavy atom. The van der Waals surface area contributed by atoms with Crippen LogP contribution in [-0.4, -0.2) is 0 Å². The van der Waals surface area contributed by atoms with Crippen molar-refractivity contribution in [2.45, 2.75) is 0 Å². The second kappa shape index (κ2) is 11.5. The van der Waals surface area contributed by atoms with Crippen LogP contribution in [0.3, 0.4) is 0 Å². The van der Waals surface area contributed by atoms with Crippen LogP contribution >= 0.6 is 0 Å². The summed E-state index contributed by atoms with van der Waals surface area (Å²) >= 11 is 0. The van der Waals surface area contributed by atoms with Crippen molar-refractivity contribution in [2.24, 2.45) is 0 Å². The molecule has 0 saturated heterocycles. The number of nitrogens with zero attached hydrogens (tertiary/aromatic N) is 1. The largest absolute Gasteiger partial charge is 0.455 e. The third kappa shape index (κ3) is 4.57. The van der Waals surface area contributed by atoms with Crippen molar-refractivity contribution in [3.8, 4) is 22.3 Å². The first-order valence-electron chi connectivity index (χ1n) is 17.1. The van der Waals surface area contributed by atoms with E-state index in [9.17, 15) is 0 Å². The molecule has 10 aromatic rings. The molecule has 0 unspecified atom stereocenters. The molecule has 234 valence electrons. The summed E-state index contributed by atoms with van der Waals surface area (Å²) < 4.78 is 6.64. The van der Waals surface area contributed by atoms with E-state index in [0.717, 1.165) is 49.8 Å². The minimum atomic E-state index is 0.887. The minimum absolute atomic E-state index is 0.887. The van der Waals surface area contributed by atoms with Gasteiger partial charge in [-0.1, -0.05) is 152 Å². The summed E-state index contributed by atoms with van der Waals surface area (Å²) in [5, 5.41) is 9.46. The zero-order valence-corrected chi connectivity index (χ0v) is 27.3. The molecule has 1 aromatic heterocycles. The van der Waals surface area contributed by atoms with E-state index >= 15 is 0 Å². The van der Waals surface area contributed by atoms with Crippen molar-refractivity contribution in [3.05, 3.63) is 188 Å². The Kier molecular flexibility index (Phi) is 6.53. The summed E-state index contributed by atoms with van der Waals surface area (Å²) in [4.78, 5) is 2.39. The second-order valence-corrected chi connectivity index (χ2v) is 12.9. The predicted octanol–water partition coefficient (Wildman–Crippen LogP) is 13.8. The Labute approximate surface area is 290 Å². The Morgan fingerprint density at radius 3 is 1.40 bits per heavy atom. The summed E-state index contributed by atoms with van der Waals surface area (Å²) in [7, 11) is 0. The van der Waals surface area contributed by atoms with Crippen LogP contribution in [0, 0.1) is 0 Å². The Morgan fingerprint density at radius 2 is 0.820 bits per heavy atom. The molecular weight excluding hydrogens is 607 g/mol. The topological polar surface area (TPSA) is 16.4 Å². The summed E-state index contributed by atoms with van der Waals surface area (Å²) in [6.07, 6.45) is 0. The standard InChI is InChI=1S/C48H31NO/c1-4-16-39-32(11-1)14-9-20-41(39)34-23-27-37(28-24-34)49(38-29-25-35(26-30-38)42-21-10-15-33-12-2-5-17-40(33)42)45-31-36-13-3-6-18-43(36)48-47(45)44-19-7-8-22-46(44)50-48/h1-31H. The molecule has 0 aliphatic heterocycles. The van der Waals surface area contributed by atoms with E-state index in [2.05, 4.69) is 187 Å². The number of benzene rings is 9. The van der Waals surface area contributed by atoms with E-state index in [1.54, 1.807) is 0 Å². The van der Waals surface area contributed by atoms with Gasteiger partial charge in [0.15, 0.2) is 0 Å². The predicted molar refractivity (Wildman–Crippen MR) is 212 cm³/mol. The Balaban J connectivity index is 1.19. The van der Waals surface area contributed by atoms with Crippen molar-refractivity contribution >= 4 is 71.3 Å². The van der Waals surface area contributed by atoms with Crippen LogP contribution in [0.5, 0.6) is 0 Å². The molecule has 50 heavy (non-hydrogen) atoms. The van der Waals surface area contributed by atoms with E-state index < -0.39 is 0 Å². The minimum Gasteiger partial charge on any atom is -0.455 e. The van der Waals surface area contributed by atoms with E-state index in [-0.39, 0.29) is 0 Å². The van der Waals surface area contributed by atoms with Gasteiger partial charge in [0.1, 0.15) is 11.2 Å². The van der Waals surface area contributed by atoms with Gasteiger partial charge in [0.05, 0.1) is 11.1 Å². The van der Waals surface area contributed by atoms with E-state index in [4.69, 9.17) is 4.42 Å². The number of para-hydroxylation sites is 1. The highest BCUT2D eigenvalue weighted by atomic mass is 16.3. The van der Waals surface area contributed by atoms with Gasteiger partial charge < -0.3 is 9.32 Å². The lowest BCUT2D eigenvalue weighted by molar-refractivity contribution is 0.672. The van der Waals surface area contributed by atoms with Gasteiger partial charge in [-0.2, -0.15) is 0 Å². The second-order valence-electron chi connectivity index (χ2n) is 12.9. The number of hydrogen-bond donors (Lipinski definition) is 0. The maximum Gasteiger partial charge on any atom is 0.145 e. The van der Waals surface area contributed by atoms with Crippen LogP contribution in [-0.2, 0) is 0 Å². The highest BCUT2D eigenvalue weighted by Gasteiger charge is 2.22. The molecule has 0 fully saturated rings. The van der Waals surface area contributed by atoms with Crippen molar-refractivity contribution in [3.63, 3.8) is 0 Å². The van der Waals surface area contributed by atoms with Gasteiger partial charge in [0.25, 0.3) is 0 Å². The first-order chi connectivity index (χ1) is 24.8. The molecule has 0 atom stereocenters. The van der Waals surface area contributed by atoms with Crippen LogP contribution < -0.4 is 4.90 Å². The molecule has 2 heteroatoms. The molecule has 9 aromatic carbocycles. The Bertz CT molecular complexity index is 2730. The lowest BCUT2D eigenvalue weighted by Gasteiger charge is -2.27. The lowest BCUT2D eigenvalue weighted by Crippen LogP contribution is -2.10. The molecule has 0 amide bonds. The summed E-state index contributed by atoms with van der Waals surface area (Å²) in [6.45, 7) is 0. The van der Waals surface area contributed by atoms with Crippen LogP contribution in [0.4, 0.5) is 17.1 Å². The summed E-state index contributed by atoms with van der Waals surface area (Å²) in [5.41, 5.74) is 9.87. The average molecular weight is 638 g/mol. The highest BCUT2D eigenvalue weighted by molar-refractivity contribution is 6.22. The molecule has 0 aliphatic carbocycles. The van der Waals surface area contributed by atoms with Crippen LogP contribution in [0.25, 0.3) is 76.5 Å². The third-order valence-electron chi connectivity index (χ3n) is 10.0. The fourth-order valence-corrected chi connectivity index (χ4v) is 7.68. The third-order valence-corrected chi connectivity index (χ3v) is 10.0. The van der Waals surface area contributed by atoms with Crippen molar-refractivity contribution in [1.29, 1.82) is 0 Å². The fraction of sp³-hybridized carbons (Fsp3) is 0. The zero-order valence-electron chi connectivity index (χ0n) is 27.3. The van der Waals surface area contributed by atoms with Gasteiger partial charge in [-0.15, -0.1) is 0 Å². The number of furan rings is 1. The molecule has 1 heterocycles. The molecular formula is C48H31NO. The average Bonchev–Trinajstić information content (AvgIpc) is 3.59. The molecule has 0 bridgehead atoms. The van der Waals surface area contributed by atoms with Crippen LogP contribution in [0.2, 0.25) is 0 Å². The molecule has 0 N–H and O–H groups in total. The van der Waals surface area contributed by atoms with Crippen molar-refractivity contribution in [2.75, 3.05) is 4.90 Å². The first kappa shape index (κ1) is 28.4. The van der Waals surface area contributed by atoms with Gasteiger partial charge in [0.2, 0.25) is 0 Å². The van der Waals surface area contributed by atoms with Crippen molar-refractivity contribution in [1.82, 2.24) is 0 Å². The molecule has 0 radical (unpaired) electrons. The fourth-order valence-electron chi connectivity index (χ4n) is 7.68. The zero-order chi connectivity index (χ0) is 33.0. The van der Waals surface area contributed by atoms with Gasteiger partial charge in [-0.3, -0.25) is 0 Å².